The first-order chi connectivity index (χ1) is 17.0. The zero-order chi connectivity index (χ0) is 25.8. The molecule has 0 saturated carbocycles. The fourth-order valence-corrected chi connectivity index (χ4v) is 2.78. The fourth-order valence-electron chi connectivity index (χ4n) is 2.78. The van der Waals surface area contributed by atoms with Crippen LogP contribution in [0.25, 0.3) is 16.7 Å². The summed E-state index contributed by atoms with van der Waals surface area (Å²) in [5, 5.41) is 20.5. The number of methoxy groups -OCH3 is 2. The standard InChI is InChI=1S/C17H19N9O3.C4H6.CH5N/c1-4-18-12-11-13(24-23-12)20-15(26-14(11)21-17(25-26)29-3)22-16(27)19-9-5-7-10(28-2)8-6-9;1-3-4-2;1-2/h5-8H,4H2,1-3H3,(H4,18,19,20,22,23,24,27);3-4H,1-2H2;2H2,1H3. The molecule has 0 aliphatic rings. The van der Waals surface area contributed by atoms with Crippen LogP contribution in [0.5, 0.6) is 11.8 Å². The summed E-state index contributed by atoms with van der Waals surface area (Å²) in [6.45, 7) is 9.34. The average molecular weight is 483 g/mol. The minimum absolute atomic E-state index is 0.140. The molecule has 3 aromatic heterocycles. The highest BCUT2D eigenvalue weighted by atomic mass is 16.5. The molecule has 0 fully saturated rings. The summed E-state index contributed by atoms with van der Waals surface area (Å²) in [4.78, 5) is 21.2. The normalized spacial score (nSPS) is 9.74. The van der Waals surface area contributed by atoms with Crippen molar-refractivity contribution in [3.8, 4) is 11.8 Å². The summed E-state index contributed by atoms with van der Waals surface area (Å²) in [6.07, 6.45) is 3.28. The summed E-state index contributed by atoms with van der Waals surface area (Å²) < 4.78 is 11.6. The van der Waals surface area contributed by atoms with Crippen molar-refractivity contribution in [1.82, 2.24) is 29.8 Å². The molecule has 2 amide bonds. The van der Waals surface area contributed by atoms with Gasteiger partial charge in [0, 0.05) is 12.2 Å². The summed E-state index contributed by atoms with van der Waals surface area (Å²) in [6, 6.07) is 6.58. The minimum atomic E-state index is -0.496. The van der Waals surface area contributed by atoms with Crippen molar-refractivity contribution in [1.29, 1.82) is 0 Å². The number of urea groups is 1. The first-order valence-electron chi connectivity index (χ1n) is 10.5. The van der Waals surface area contributed by atoms with Crippen molar-refractivity contribution >= 4 is 40.2 Å². The van der Waals surface area contributed by atoms with Gasteiger partial charge < -0.3 is 25.8 Å². The lowest BCUT2D eigenvalue weighted by molar-refractivity contribution is 0.262. The maximum Gasteiger partial charge on any atom is 0.336 e. The maximum absolute atomic E-state index is 12.5. The van der Waals surface area contributed by atoms with Crippen molar-refractivity contribution in [2.75, 3.05) is 43.8 Å². The van der Waals surface area contributed by atoms with Gasteiger partial charge in [0.25, 0.3) is 0 Å². The van der Waals surface area contributed by atoms with Crippen molar-refractivity contribution < 1.29 is 14.3 Å². The Morgan fingerprint density at radius 1 is 1.11 bits per heavy atom. The number of nitrogens with two attached hydrogens (primary N) is 1. The van der Waals surface area contributed by atoms with Crippen LogP contribution in [0.2, 0.25) is 0 Å². The van der Waals surface area contributed by atoms with Crippen LogP contribution in [0.3, 0.4) is 0 Å². The van der Waals surface area contributed by atoms with E-state index in [1.54, 1.807) is 43.5 Å². The molecule has 0 aliphatic carbocycles. The van der Waals surface area contributed by atoms with Gasteiger partial charge in [-0.15, -0.1) is 5.10 Å². The second kappa shape index (κ2) is 13.2. The molecule has 0 aliphatic heterocycles. The average Bonchev–Trinajstić information content (AvgIpc) is 3.50. The number of H-pyrrole nitrogens is 1. The number of carbonyl (C=O) groups is 1. The molecule has 4 aromatic rings. The number of ether oxygens (including phenoxy) is 2. The highest BCUT2D eigenvalue weighted by Gasteiger charge is 2.20. The Morgan fingerprint density at radius 2 is 1.80 bits per heavy atom. The van der Waals surface area contributed by atoms with Gasteiger partial charge in [0.1, 0.15) is 11.1 Å². The molecule has 0 atom stereocenters. The number of carbonyl (C=O) groups excluding carboxylic acids is 1. The Hall–Kier alpha value is -4.65. The highest BCUT2D eigenvalue weighted by Crippen LogP contribution is 2.27. The van der Waals surface area contributed by atoms with Gasteiger partial charge in [0.2, 0.25) is 5.95 Å². The van der Waals surface area contributed by atoms with Gasteiger partial charge in [-0.1, -0.05) is 25.3 Å². The number of anilines is 3. The van der Waals surface area contributed by atoms with E-state index in [2.05, 4.69) is 60.1 Å². The van der Waals surface area contributed by atoms with E-state index < -0.39 is 6.03 Å². The first-order valence-corrected chi connectivity index (χ1v) is 10.5. The molecule has 186 valence electrons. The summed E-state index contributed by atoms with van der Waals surface area (Å²) in [5.74, 6) is 1.43. The molecule has 3 heterocycles. The Balaban J connectivity index is 0.000000655. The number of rotatable bonds is 7. The number of aromatic nitrogens is 6. The van der Waals surface area contributed by atoms with E-state index in [0.29, 0.717) is 40.5 Å². The van der Waals surface area contributed by atoms with Gasteiger partial charge in [0.15, 0.2) is 17.1 Å². The fraction of sp³-hybridized carbons (Fsp3) is 0.227. The lowest BCUT2D eigenvalue weighted by Crippen LogP contribution is -2.22. The topological polar surface area (TPSA) is 169 Å². The van der Waals surface area contributed by atoms with E-state index in [-0.39, 0.29) is 12.0 Å². The second-order valence-corrected chi connectivity index (χ2v) is 6.37. The van der Waals surface area contributed by atoms with Gasteiger partial charge in [-0.3, -0.25) is 10.4 Å². The lowest BCUT2D eigenvalue weighted by Gasteiger charge is -2.09. The molecule has 0 bridgehead atoms. The number of amides is 2. The van der Waals surface area contributed by atoms with Crippen molar-refractivity contribution in [2.45, 2.75) is 6.92 Å². The van der Waals surface area contributed by atoms with Gasteiger partial charge >= 0.3 is 12.0 Å². The third-order valence-corrected chi connectivity index (χ3v) is 4.24. The van der Waals surface area contributed by atoms with Crippen LogP contribution in [0.4, 0.5) is 22.2 Å². The number of nitrogens with one attached hydrogen (secondary N) is 4. The third-order valence-electron chi connectivity index (χ3n) is 4.24. The van der Waals surface area contributed by atoms with Crippen LogP contribution in [-0.4, -0.2) is 63.6 Å². The second-order valence-electron chi connectivity index (χ2n) is 6.37. The summed E-state index contributed by atoms with van der Waals surface area (Å²) >= 11 is 0. The smallest absolute Gasteiger partial charge is 0.336 e. The Labute approximate surface area is 202 Å². The molecule has 0 saturated heterocycles. The van der Waals surface area contributed by atoms with Crippen LogP contribution in [-0.2, 0) is 0 Å². The number of hydrogen-bond acceptors (Lipinski definition) is 9. The predicted octanol–water partition coefficient (Wildman–Crippen LogP) is 3.03. The monoisotopic (exact) mass is 482 g/mol. The van der Waals surface area contributed by atoms with E-state index in [0.717, 1.165) is 0 Å². The lowest BCUT2D eigenvalue weighted by atomic mass is 10.3. The molecule has 4 rings (SSSR count). The highest BCUT2D eigenvalue weighted by molar-refractivity contribution is 6.02. The zero-order valence-electron chi connectivity index (χ0n) is 20.1. The quantitative estimate of drug-likeness (QED) is 0.248. The molecule has 13 nitrogen and oxygen atoms in total. The van der Waals surface area contributed by atoms with Gasteiger partial charge in [-0.25, -0.2) is 4.79 Å². The minimum Gasteiger partial charge on any atom is -0.497 e. The van der Waals surface area contributed by atoms with E-state index in [9.17, 15) is 4.79 Å². The largest absolute Gasteiger partial charge is 0.497 e. The Morgan fingerprint density at radius 3 is 2.37 bits per heavy atom. The van der Waals surface area contributed by atoms with E-state index in [1.165, 1.54) is 18.7 Å². The van der Waals surface area contributed by atoms with Gasteiger partial charge in [0.05, 0.1) is 14.2 Å². The molecule has 6 N–H and O–H groups in total. The van der Waals surface area contributed by atoms with E-state index >= 15 is 0 Å². The molecule has 13 heteroatoms. The van der Waals surface area contributed by atoms with Crippen LogP contribution >= 0.6 is 0 Å². The first kappa shape index (κ1) is 26.6. The van der Waals surface area contributed by atoms with E-state index in [4.69, 9.17) is 9.47 Å². The number of benzene rings is 1. The van der Waals surface area contributed by atoms with Crippen molar-refractivity contribution in [2.24, 2.45) is 5.73 Å². The molecular formula is C22H30N10O3. The predicted molar refractivity (Wildman–Crippen MR) is 137 cm³/mol. The Bertz CT molecular complexity index is 1260. The van der Waals surface area contributed by atoms with Gasteiger partial charge in [-0.2, -0.15) is 19.6 Å². The number of aromatic amines is 1. The molecule has 1 aromatic carbocycles. The Kier molecular flexibility index (Phi) is 10.00. The third kappa shape index (κ3) is 6.45. The van der Waals surface area contributed by atoms with Crippen LogP contribution < -0.4 is 31.2 Å². The number of hydrogen-bond donors (Lipinski definition) is 5. The number of fused-ring (bicyclic) bond motifs is 3. The molecule has 0 spiro atoms. The van der Waals surface area contributed by atoms with Crippen LogP contribution in [0, 0.1) is 0 Å². The van der Waals surface area contributed by atoms with Crippen molar-refractivity contribution in [3.05, 3.63) is 49.6 Å². The van der Waals surface area contributed by atoms with E-state index in [1.807, 2.05) is 6.92 Å². The maximum atomic E-state index is 12.5. The molecule has 35 heavy (non-hydrogen) atoms. The SMILES string of the molecule is C=CC=C.CCNc1n[nH]c2nc(NC(=O)Nc3ccc(OC)cc3)n3nc(OC)nc3c12.CN. The van der Waals surface area contributed by atoms with Crippen LogP contribution in [0.1, 0.15) is 6.92 Å². The summed E-state index contributed by atoms with van der Waals surface area (Å²) in [5.41, 5.74) is 5.98. The number of nitrogens with zero attached hydrogens (tertiary/aromatic N) is 5. The zero-order valence-corrected chi connectivity index (χ0v) is 20.1. The van der Waals surface area contributed by atoms with Crippen LogP contribution in [0.15, 0.2) is 49.6 Å². The van der Waals surface area contributed by atoms with Crippen molar-refractivity contribution in [3.63, 3.8) is 0 Å². The molecule has 0 unspecified atom stereocenters. The summed E-state index contributed by atoms with van der Waals surface area (Å²) in [7, 11) is 4.54. The number of allylic oxidation sites excluding steroid dienone is 2. The molecule has 0 radical (unpaired) electrons. The molecular weight excluding hydrogens is 452 g/mol. The van der Waals surface area contributed by atoms with Gasteiger partial charge in [-0.05, 0) is 38.2 Å².